The number of nitrogens with zero attached hydrogens (tertiary/aromatic N) is 1. The van der Waals surface area contributed by atoms with Gasteiger partial charge in [-0.25, -0.2) is 4.72 Å². The van der Waals surface area contributed by atoms with Crippen molar-refractivity contribution in [3.8, 4) is 0 Å². The zero-order chi connectivity index (χ0) is 9.90. The predicted molar refractivity (Wildman–Crippen MR) is 45.4 cm³/mol. The van der Waals surface area contributed by atoms with Gasteiger partial charge in [0.2, 0.25) is 0 Å². The van der Waals surface area contributed by atoms with Crippen molar-refractivity contribution in [2.24, 2.45) is 0 Å². The van der Waals surface area contributed by atoms with Gasteiger partial charge in [0.1, 0.15) is 0 Å². The summed E-state index contributed by atoms with van der Waals surface area (Å²) in [6.45, 7) is 0.888. The van der Waals surface area contributed by atoms with Gasteiger partial charge in [0.15, 0.2) is 0 Å². The van der Waals surface area contributed by atoms with Crippen molar-refractivity contribution in [1.29, 1.82) is 0 Å². The smallest absolute Gasteiger partial charge is 0.304 e. The van der Waals surface area contributed by atoms with E-state index in [0.717, 1.165) is 10.7 Å². The van der Waals surface area contributed by atoms with Gasteiger partial charge < -0.3 is 5.11 Å². The van der Waals surface area contributed by atoms with Crippen molar-refractivity contribution >= 4 is 16.2 Å². The molecule has 0 radical (unpaired) electrons. The van der Waals surface area contributed by atoms with E-state index in [2.05, 4.69) is 4.72 Å². The number of hydrogen-bond acceptors (Lipinski definition) is 3. The minimum absolute atomic E-state index is 0.0463. The van der Waals surface area contributed by atoms with E-state index >= 15 is 0 Å². The lowest BCUT2D eigenvalue weighted by molar-refractivity contribution is -0.137. The molecule has 0 atom stereocenters. The maximum absolute atomic E-state index is 11.2. The summed E-state index contributed by atoms with van der Waals surface area (Å²) in [6.07, 6.45) is 0.569. The van der Waals surface area contributed by atoms with Crippen molar-refractivity contribution in [1.82, 2.24) is 9.03 Å². The van der Waals surface area contributed by atoms with Crippen LogP contribution in [-0.2, 0) is 15.0 Å². The average Bonchev–Trinajstić information content (AvgIpc) is 2.01. The van der Waals surface area contributed by atoms with Gasteiger partial charge >= 0.3 is 5.97 Å². The lowest BCUT2D eigenvalue weighted by Crippen LogP contribution is -2.47. The first-order valence-electron chi connectivity index (χ1n) is 3.99. The van der Waals surface area contributed by atoms with Gasteiger partial charge in [0.05, 0.1) is 6.42 Å². The summed E-state index contributed by atoms with van der Waals surface area (Å²) < 4.78 is 25.9. The SMILES string of the molecule is O=C(O)CCN1CCCNS1(=O)=O. The highest BCUT2D eigenvalue weighted by atomic mass is 32.2. The molecule has 0 amide bonds. The molecule has 0 aromatic heterocycles. The van der Waals surface area contributed by atoms with Crippen LogP contribution in [0.5, 0.6) is 0 Å². The molecule has 13 heavy (non-hydrogen) atoms. The molecule has 0 aromatic carbocycles. The molecule has 1 heterocycles. The Morgan fingerprint density at radius 1 is 1.54 bits per heavy atom. The van der Waals surface area contributed by atoms with E-state index in [9.17, 15) is 13.2 Å². The molecule has 0 aromatic rings. The van der Waals surface area contributed by atoms with E-state index in [1.807, 2.05) is 0 Å². The molecule has 0 unspecified atom stereocenters. The van der Waals surface area contributed by atoms with Crippen molar-refractivity contribution in [3.05, 3.63) is 0 Å². The fraction of sp³-hybridized carbons (Fsp3) is 0.833. The number of nitrogens with one attached hydrogen (secondary N) is 1. The normalized spacial score (nSPS) is 22.8. The van der Waals surface area contributed by atoms with E-state index in [0.29, 0.717) is 13.1 Å². The van der Waals surface area contributed by atoms with Gasteiger partial charge in [-0.2, -0.15) is 12.7 Å². The summed E-state index contributed by atoms with van der Waals surface area (Å²) in [4.78, 5) is 10.2. The summed E-state index contributed by atoms with van der Waals surface area (Å²) in [5.41, 5.74) is 0. The molecule has 1 saturated heterocycles. The van der Waals surface area contributed by atoms with Crippen molar-refractivity contribution in [2.45, 2.75) is 12.8 Å². The molecule has 1 aliphatic heterocycles. The van der Waals surface area contributed by atoms with Crippen molar-refractivity contribution < 1.29 is 18.3 Å². The van der Waals surface area contributed by atoms with Crippen LogP contribution in [-0.4, -0.2) is 43.4 Å². The third kappa shape index (κ3) is 2.94. The van der Waals surface area contributed by atoms with E-state index in [4.69, 9.17) is 5.11 Å². The molecule has 1 aliphatic rings. The largest absolute Gasteiger partial charge is 0.481 e. The van der Waals surface area contributed by atoms with E-state index in [-0.39, 0.29) is 13.0 Å². The third-order valence-corrected chi connectivity index (χ3v) is 3.40. The number of rotatable bonds is 3. The molecule has 2 N–H and O–H groups in total. The summed E-state index contributed by atoms with van der Waals surface area (Å²) in [7, 11) is -3.40. The average molecular weight is 208 g/mol. The quantitative estimate of drug-likeness (QED) is 0.623. The maximum atomic E-state index is 11.2. The Morgan fingerprint density at radius 2 is 2.23 bits per heavy atom. The Balaban J connectivity index is 2.52. The van der Waals surface area contributed by atoms with E-state index in [1.165, 1.54) is 0 Å². The molecule has 6 nitrogen and oxygen atoms in total. The number of carboxylic acids is 1. The molecule has 7 heteroatoms. The zero-order valence-electron chi connectivity index (χ0n) is 7.06. The first-order valence-corrected chi connectivity index (χ1v) is 5.43. The van der Waals surface area contributed by atoms with Crippen LogP contribution in [0.3, 0.4) is 0 Å². The topological polar surface area (TPSA) is 86.7 Å². The van der Waals surface area contributed by atoms with Gasteiger partial charge in [-0.15, -0.1) is 0 Å². The first-order chi connectivity index (χ1) is 6.02. The minimum Gasteiger partial charge on any atom is -0.481 e. The Labute approximate surface area is 76.7 Å². The highest BCUT2D eigenvalue weighted by Gasteiger charge is 2.25. The lowest BCUT2D eigenvalue weighted by Gasteiger charge is -2.25. The number of aliphatic carboxylic acids is 1. The van der Waals surface area contributed by atoms with Gasteiger partial charge in [-0.05, 0) is 6.42 Å². The Morgan fingerprint density at radius 3 is 2.77 bits per heavy atom. The lowest BCUT2D eigenvalue weighted by atomic mass is 10.4. The molecule has 0 aliphatic carbocycles. The predicted octanol–water partition coefficient (Wildman–Crippen LogP) is -0.999. The minimum atomic E-state index is -3.40. The van der Waals surface area contributed by atoms with Gasteiger partial charge in [-0.1, -0.05) is 0 Å². The Kier molecular flexibility index (Phi) is 3.23. The Hall–Kier alpha value is -0.660. The second kappa shape index (κ2) is 4.03. The fourth-order valence-corrected chi connectivity index (χ4v) is 2.41. The monoisotopic (exact) mass is 208 g/mol. The fourth-order valence-electron chi connectivity index (χ4n) is 1.12. The third-order valence-electron chi connectivity index (χ3n) is 1.78. The molecular weight excluding hydrogens is 196 g/mol. The Bertz CT molecular complexity index is 287. The van der Waals surface area contributed by atoms with Gasteiger partial charge in [-0.3, -0.25) is 4.79 Å². The second-order valence-corrected chi connectivity index (χ2v) is 4.55. The van der Waals surface area contributed by atoms with Crippen molar-refractivity contribution in [3.63, 3.8) is 0 Å². The maximum Gasteiger partial charge on any atom is 0.304 e. The molecule has 1 fully saturated rings. The van der Waals surface area contributed by atoms with Crippen LogP contribution in [0.2, 0.25) is 0 Å². The molecule has 76 valence electrons. The summed E-state index contributed by atoms with van der Waals surface area (Å²) in [6, 6.07) is 0. The van der Waals surface area contributed by atoms with Crippen LogP contribution >= 0.6 is 0 Å². The van der Waals surface area contributed by atoms with Crippen LogP contribution in [0.25, 0.3) is 0 Å². The van der Waals surface area contributed by atoms with Crippen LogP contribution in [0.15, 0.2) is 0 Å². The van der Waals surface area contributed by atoms with E-state index in [1.54, 1.807) is 0 Å². The molecule has 0 saturated carbocycles. The first kappa shape index (κ1) is 10.4. The molecule has 0 bridgehead atoms. The van der Waals surface area contributed by atoms with E-state index < -0.39 is 16.2 Å². The highest BCUT2D eigenvalue weighted by Crippen LogP contribution is 2.05. The summed E-state index contributed by atoms with van der Waals surface area (Å²) in [5, 5.41) is 8.37. The molecule has 0 spiro atoms. The number of carboxylic acid groups (broad SMARTS) is 1. The van der Waals surface area contributed by atoms with Gasteiger partial charge in [0, 0.05) is 19.6 Å². The number of hydrogen-bond donors (Lipinski definition) is 2. The van der Waals surface area contributed by atoms with Crippen LogP contribution in [0.4, 0.5) is 0 Å². The molecular formula is C6H12N2O4S. The van der Waals surface area contributed by atoms with Crippen LogP contribution < -0.4 is 4.72 Å². The summed E-state index contributed by atoms with van der Waals surface area (Å²) in [5.74, 6) is -0.985. The standard InChI is InChI=1S/C6H12N2O4S/c9-6(10)2-5-8-4-1-3-7-13(8,11)12/h7H,1-5H2,(H,9,10). The summed E-state index contributed by atoms with van der Waals surface area (Å²) >= 11 is 0. The van der Waals surface area contributed by atoms with Crippen molar-refractivity contribution in [2.75, 3.05) is 19.6 Å². The van der Waals surface area contributed by atoms with Crippen LogP contribution in [0, 0.1) is 0 Å². The van der Waals surface area contributed by atoms with Crippen LogP contribution in [0.1, 0.15) is 12.8 Å². The van der Waals surface area contributed by atoms with Gasteiger partial charge in [0.25, 0.3) is 10.2 Å². The zero-order valence-corrected chi connectivity index (χ0v) is 7.88. The second-order valence-electron chi connectivity index (χ2n) is 2.80. The highest BCUT2D eigenvalue weighted by molar-refractivity contribution is 7.87. The number of carbonyl (C=O) groups is 1. The molecule has 1 rings (SSSR count).